The highest BCUT2D eigenvalue weighted by Gasteiger charge is 2.14. The minimum absolute atomic E-state index is 1.14. The molecule has 0 N–H and O–H groups in total. The van der Waals surface area contributed by atoms with Gasteiger partial charge < -0.3 is 0 Å². The third kappa shape index (κ3) is 1.20. The Kier molecular flexibility index (Phi) is 1.99. The summed E-state index contributed by atoms with van der Waals surface area (Å²) in [4.78, 5) is 0. The van der Waals surface area contributed by atoms with Crippen LogP contribution in [0.3, 0.4) is 0 Å². The fourth-order valence-electron chi connectivity index (χ4n) is 1.70. The van der Waals surface area contributed by atoms with Crippen LogP contribution in [0.15, 0.2) is 15.7 Å². The summed E-state index contributed by atoms with van der Waals surface area (Å²) in [5.74, 6) is 0. The molecule has 0 nitrogen and oxygen atoms in total. The first-order valence-electron chi connectivity index (χ1n) is 4.13. The average Bonchev–Trinajstić information content (AvgIpc) is 2.41. The first kappa shape index (κ1) is 8.30. The quantitative estimate of drug-likeness (QED) is 0.631. The zero-order valence-corrected chi connectivity index (χ0v) is 9.47. The molecule has 0 unspecified atom stereocenters. The minimum atomic E-state index is 1.14. The van der Waals surface area contributed by atoms with E-state index in [0.29, 0.717) is 0 Å². The fraction of sp³-hybridized carbons (Fsp3) is 0.273. The Bertz CT molecular complexity index is 362. The molecule has 1 heteroatoms. The summed E-state index contributed by atoms with van der Waals surface area (Å²) in [6, 6.07) is 4.43. The van der Waals surface area contributed by atoms with E-state index in [1.54, 1.807) is 0 Å². The van der Waals surface area contributed by atoms with E-state index in [2.05, 4.69) is 54.6 Å². The van der Waals surface area contributed by atoms with Crippen LogP contribution in [0.1, 0.15) is 22.3 Å². The lowest BCUT2D eigenvalue weighted by Crippen LogP contribution is -1.90. The van der Waals surface area contributed by atoms with Crippen LogP contribution in [0.25, 0.3) is 6.08 Å². The summed E-state index contributed by atoms with van der Waals surface area (Å²) in [5.41, 5.74) is 5.82. The predicted octanol–water partition coefficient (Wildman–Crippen LogP) is 3.64. The monoisotopic (exact) mass is 270 g/mol. The van der Waals surface area contributed by atoms with E-state index in [1.807, 2.05) is 0 Å². The minimum Gasteiger partial charge on any atom is -0.0587 e. The second-order valence-electron chi connectivity index (χ2n) is 3.36. The molecular weight excluding hydrogens is 259 g/mol. The summed E-state index contributed by atoms with van der Waals surface area (Å²) in [6.07, 6.45) is 3.45. The molecule has 0 saturated carbocycles. The van der Waals surface area contributed by atoms with Crippen LogP contribution < -0.4 is 0 Å². The van der Waals surface area contributed by atoms with Gasteiger partial charge in [0, 0.05) is 6.42 Å². The highest BCUT2D eigenvalue weighted by Crippen LogP contribution is 2.32. The van der Waals surface area contributed by atoms with E-state index in [1.165, 1.54) is 25.8 Å². The molecule has 0 saturated heterocycles. The Hall–Kier alpha value is -0.310. The molecule has 0 amide bonds. The molecule has 0 bridgehead atoms. The number of aryl methyl sites for hydroxylation is 2. The Balaban J connectivity index is 2.66. The van der Waals surface area contributed by atoms with Gasteiger partial charge in [-0.3, -0.25) is 0 Å². The van der Waals surface area contributed by atoms with Crippen molar-refractivity contribution in [3.8, 4) is 0 Å². The van der Waals surface area contributed by atoms with E-state index in [0.717, 1.165) is 6.42 Å². The number of benzene rings is 1. The van der Waals surface area contributed by atoms with Crippen LogP contribution in [0.4, 0.5) is 0 Å². The number of allylic oxidation sites excluding steroid dienone is 1. The van der Waals surface area contributed by atoms with Gasteiger partial charge in [0.2, 0.25) is 0 Å². The Labute approximate surface area is 86.8 Å². The van der Waals surface area contributed by atoms with Gasteiger partial charge in [-0.1, -0.05) is 12.1 Å². The van der Waals surface area contributed by atoms with Crippen molar-refractivity contribution in [2.75, 3.05) is 0 Å². The third-order valence-corrected chi connectivity index (χ3v) is 3.15. The highest BCUT2D eigenvalue weighted by molar-refractivity contribution is 14.1. The zero-order valence-electron chi connectivity index (χ0n) is 7.32. The lowest BCUT2D eigenvalue weighted by molar-refractivity contribution is 1.22. The highest BCUT2D eigenvalue weighted by atomic mass is 127. The molecule has 62 valence electrons. The van der Waals surface area contributed by atoms with E-state index in [-0.39, 0.29) is 0 Å². The molecule has 0 aromatic heterocycles. The lowest BCUT2D eigenvalue weighted by atomic mass is 10.00. The Morgan fingerprint density at radius 2 is 1.83 bits per heavy atom. The van der Waals surface area contributed by atoms with Crippen molar-refractivity contribution in [1.82, 2.24) is 0 Å². The molecule has 1 aromatic rings. The van der Waals surface area contributed by atoms with Crippen molar-refractivity contribution in [3.63, 3.8) is 0 Å². The van der Waals surface area contributed by atoms with Crippen LogP contribution >= 0.6 is 22.6 Å². The summed E-state index contributed by atoms with van der Waals surface area (Å²) in [5, 5.41) is 0. The van der Waals surface area contributed by atoms with Gasteiger partial charge in [-0.05, 0) is 68.3 Å². The normalized spacial score (nSPS) is 14.4. The van der Waals surface area contributed by atoms with Crippen molar-refractivity contribution < 1.29 is 0 Å². The van der Waals surface area contributed by atoms with Crippen LogP contribution in [-0.4, -0.2) is 0 Å². The molecule has 0 radical (unpaired) electrons. The maximum absolute atomic E-state index is 2.42. The molecular formula is C11H11I. The van der Waals surface area contributed by atoms with Gasteiger partial charge >= 0.3 is 0 Å². The van der Waals surface area contributed by atoms with Gasteiger partial charge in [-0.2, -0.15) is 0 Å². The number of rotatable bonds is 0. The largest absolute Gasteiger partial charge is 0.0587 e. The fourth-order valence-corrected chi connectivity index (χ4v) is 2.40. The van der Waals surface area contributed by atoms with Gasteiger partial charge in [0.05, 0.1) is 0 Å². The topological polar surface area (TPSA) is 0 Å². The number of hydrogen-bond acceptors (Lipinski definition) is 0. The molecule has 0 heterocycles. The summed E-state index contributed by atoms with van der Waals surface area (Å²) >= 11 is 2.42. The van der Waals surface area contributed by atoms with E-state index in [4.69, 9.17) is 0 Å². The van der Waals surface area contributed by atoms with Gasteiger partial charge in [0.15, 0.2) is 0 Å². The standard InChI is InChI=1S/C11H11I/c1-7-3-4-8(2)11-6-9(12)5-10(7)11/h3-5H,6H2,1-2H3. The smallest absolute Gasteiger partial charge is 0.00414 e. The van der Waals surface area contributed by atoms with Crippen LogP contribution in [0, 0.1) is 13.8 Å². The number of fused-ring (bicyclic) bond motifs is 1. The van der Waals surface area contributed by atoms with Crippen LogP contribution in [0.2, 0.25) is 0 Å². The summed E-state index contributed by atoms with van der Waals surface area (Å²) < 4.78 is 1.46. The lowest BCUT2D eigenvalue weighted by Gasteiger charge is -2.05. The number of halogens is 1. The van der Waals surface area contributed by atoms with E-state index >= 15 is 0 Å². The molecule has 12 heavy (non-hydrogen) atoms. The summed E-state index contributed by atoms with van der Waals surface area (Å²) in [6.45, 7) is 4.38. The van der Waals surface area contributed by atoms with E-state index < -0.39 is 0 Å². The third-order valence-electron chi connectivity index (χ3n) is 2.46. The molecule has 1 aromatic carbocycles. The van der Waals surface area contributed by atoms with Crippen molar-refractivity contribution >= 4 is 28.7 Å². The molecule has 1 aliphatic carbocycles. The van der Waals surface area contributed by atoms with Crippen molar-refractivity contribution in [3.05, 3.63) is 38.0 Å². The maximum Gasteiger partial charge on any atom is 0.00414 e. The predicted molar refractivity (Wildman–Crippen MR) is 61.6 cm³/mol. The van der Waals surface area contributed by atoms with Crippen LogP contribution in [0.5, 0.6) is 0 Å². The van der Waals surface area contributed by atoms with Crippen molar-refractivity contribution in [2.24, 2.45) is 0 Å². The SMILES string of the molecule is Cc1ccc(C)c2c1C=C(I)C2. The molecule has 0 fully saturated rings. The van der Waals surface area contributed by atoms with Crippen LogP contribution in [-0.2, 0) is 6.42 Å². The van der Waals surface area contributed by atoms with Gasteiger partial charge in [0.25, 0.3) is 0 Å². The van der Waals surface area contributed by atoms with E-state index in [9.17, 15) is 0 Å². The second-order valence-corrected chi connectivity index (χ2v) is 4.75. The first-order chi connectivity index (χ1) is 5.68. The van der Waals surface area contributed by atoms with Gasteiger partial charge in [-0.25, -0.2) is 0 Å². The van der Waals surface area contributed by atoms with Crippen molar-refractivity contribution in [2.45, 2.75) is 20.3 Å². The second kappa shape index (κ2) is 2.87. The van der Waals surface area contributed by atoms with Gasteiger partial charge in [-0.15, -0.1) is 0 Å². The molecule has 0 spiro atoms. The maximum atomic E-state index is 2.42. The molecule has 2 rings (SSSR count). The molecule has 0 aliphatic heterocycles. The van der Waals surface area contributed by atoms with Gasteiger partial charge in [0.1, 0.15) is 0 Å². The van der Waals surface area contributed by atoms with Crippen molar-refractivity contribution in [1.29, 1.82) is 0 Å². The number of hydrogen-bond donors (Lipinski definition) is 0. The molecule has 0 atom stereocenters. The first-order valence-corrected chi connectivity index (χ1v) is 5.21. The zero-order chi connectivity index (χ0) is 8.72. The average molecular weight is 270 g/mol. The Morgan fingerprint density at radius 3 is 2.50 bits per heavy atom. The summed E-state index contributed by atoms with van der Waals surface area (Å²) in [7, 11) is 0. The Morgan fingerprint density at radius 1 is 1.17 bits per heavy atom. The molecule has 1 aliphatic rings.